The summed E-state index contributed by atoms with van der Waals surface area (Å²) in [6.07, 6.45) is 0.622. The first-order valence-electron chi connectivity index (χ1n) is 10.1. The zero-order valence-electron chi connectivity index (χ0n) is 18.4. The van der Waals surface area contributed by atoms with E-state index in [9.17, 15) is 22.8 Å². The third-order valence-electron chi connectivity index (χ3n) is 4.64. The van der Waals surface area contributed by atoms with Crippen molar-refractivity contribution in [3.05, 3.63) is 39.7 Å². The SMILES string of the molecule is CCN(CCO)CCCNC(=O)Nc1snc(OCc2c(F)cc(Cl)c(F)c2F)c1C(=O)OC. The molecule has 2 amide bonds. The van der Waals surface area contributed by atoms with Crippen LogP contribution >= 0.6 is 23.1 Å². The number of urea groups is 1. The van der Waals surface area contributed by atoms with Crippen LogP contribution in [0.4, 0.5) is 23.0 Å². The highest BCUT2D eigenvalue weighted by Gasteiger charge is 2.26. The predicted molar refractivity (Wildman–Crippen MR) is 120 cm³/mol. The van der Waals surface area contributed by atoms with Gasteiger partial charge in [0.2, 0.25) is 5.88 Å². The van der Waals surface area contributed by atoms with Crippen LogP contribution in [0.5, 0.6) is 5.88 Å². The van der Waals surface area contributed by atoms with Crippen molar-refractivity contribution in [2.24, 2.45) is 0 Å². The molecule has 0 aliphatic rings. The van der Waals surface area contributed by atoms with E-state index in [0.29, 0.717) is 43.7 Å². The summed E-state index contributed by atoms with van der Waals surface area (Å²) in [5.41, 5.74) is -1.02. The maximum Gasteiger partial charge on any atom is 0.346 e. The van der Waals surface area contributed by atoms with Crippen LogP contribution in [0.2, 0.25) is 5.02 Å². The maximum absolute atomic E-state index is 14.0. The molecular weight excluding hydrogens is 501 g/mol. The third kappa shape index (κ3) is 7.19. The molecule has 0 bridgehead atoms. The molecule has 0 spiro atoms. The summed E-state index contributed by atoms with van der Waals surface area (Å²) < 4.78 is 55.5. The number of methoxy groups -OCH3 is 1. The molecular formula is C20H24ClF3N4O5S. The second-order valence-electron chi connectivity index (χ2n) is 6.81. The molecule has 188 valence electrons. The smallest absolute Gasteiger partial charge is 0.346 e. The average molecular weight is 525 g/mol. The van der Waals surface area contributed by atoms with Gasteiger partial charge in [-0.05, 0) is 37.1 Å². The summed E-state index contributed by atoms with van der Waals surface area (Å²) >= 11 is 6.09. The second kappa shape index (κ2) is 13.3. The maximum atomic E-state index is 14.0. The number of nitrogens with one attached hydrogen (secondary N) is 2. The summed E-state index contributed by atoms with van der Waals surface area (Å²) in [7, 11) is 1.09. The van der Waals surface area contributed by atoms with E-state index in [1.54, 1.807) is 0 Å². The Balaban J connectivity index is 2.05. The van der Waals surface area contributed by atoms with Crippen molar-refractivity contribution in [3.63, 3.8) is 0 Å². The van der Waals surface area contributed by atoms with Gasteiger partial charge in [0.1, 0.15) is 17.4 Å². The van der Waals surface area contributed by atoms with Gasteiger partial charge in [-0.15, -0.1) is 0 Å². The first-order valence-corrected chi connectivity index (χ1v) is 11.3. The molecule has 0 fully saturated rings. The summed E-state index contributed by atoms with van der Waals surface area (Å²) in [5.74, 6) is -5.38. The van der Waals surface area contributed by atoms with Crippen LogP contribution in [0.1, 0.15) is 29.3 Å². The highest BCUT2D eigenvalue weighted by Crippen LogP contribution is 2.32. The number of likely N-dealkylation sites (N-methyl/N-ethyl adjacent to an activating group) is 1. The lowest BCUT2D eigenvalue weighted by Gasteiger charge is -2.18. The fourth-order valence-corrected chi connectivity index (χ4v) is 3.74. The molecule has 9 nitrogen and oxygen atoms in total. The van der Waals surface area contributed by atoms with Crippen molar-refractivity contribution < 1.29 is 37.3 Å². The minimum Gasteiger partial charge on any atom is -0.471 e. The molecule has 0 saturated carbocycles. The monoisotopic (exact) mass is 524 g/mol. The number of rotatable bonds is 12. The number of benzene rings is 1. The van der Waals surface area contributed by atoms with Crippen molar-refractivity contribution in [1.82, 2.24) is 14.6 Å². The number of halogens is 4. The van der Waals surface area contributed by atoms with E-state index in [0.717, 1.165) is 13.7 Å². The zero-order chi connectivity index (χ0) is 25.3. The Morgan fingerprint density at radius 2 is 2.00 bits per heavy atom. The van der Waals surface area contributed by atoms with Crippen molar-refractivity contribution in [1.29, 1.82) is 0 Å². The second-order valence-corrected chi connectivity index (χ2v) is 7.99. The molecule has 3 N–H and O–H groups in total. The van der Waals surface area contributed by atoms with Crippen molar-refractivity contribution in [3.8, 4) is 5.88 Å². The van der Waals surface area contributed by atoms with Gasteiger partial charge in [0, 0.05) is 13.1 Å². The number of ether oxygens (including phenoxy) is 2. The Morgan fingerprint density at radius 1 is 1.26 bits per heavy atom. The number of hydrogen-bond acceptors (Lipinski definition) is 8. The molecule has 2 aromatic rings. The topological polar surface area (TPSA) is 113 Å². The normalized spacial score (nSPS) is 10.9. The number of aliphatic hydroxyl groups excluding tert-OH is 1. The largest absolute Gasteiger partial charge is 0.471 e. The Kier molecular flexibility index (Phi) is 10.8. The number of aliphatic hydroxyl groups is 1. The summed E-state index contributed by atoms with van der Waals surface area (Å²) in [6, 6.07) is -0.0238. The summed E-state index contributed by atoms with van der Waals surface area (Å²) in [5, 5.41) is 13.3. The highest BCUT2D eigenvalue weighted by atomic mass is 35.5. The standard InChI is InChI=1S/C20H24ClF3N4O5S/c1-3-28(7-8-29)6-4-5-25-20(31)26-18-14(19(30)32-2)17(27-34-18)33-10-11-13(22)9-12(21)16(24)15(11)23/h9,29H,3-8,10H2,1-2H3,(H2,25,26,31). The van der Waals surface area contributed by atoms with Crippen LogP contribution in [-0.2, 0) is 11.3 Å². The molecule has 1 aromatic carbocycles. The quantitative estimate of drug-likeness (QED) is 0.169. The van der Waals surface area contributed by atoms with Gasteiger partial charge < -0.3 is 24.8 Å². The van der Waals surface area contributed by atoms with E-state index >= 15 is 0 Å². The van der Waals surface area contributed by atoms with Gasteiger partial charge >= 0.3 is 12.0 Å². The molecule has 14 heteroatoms. The lowest BCUT2D eigenvalue weighted by molar-refractivity contribution is 0.0596. The van der Waals surface area contributed by atoms with Gasteiger partial charge in [0.05, 0.1) is 24.3 Å². The van der Waals surface area contributed by atoms with Crippen LogP contribution in [-0.4, -0.2) is 66.3 Å². The molecule has 2 rings (SSSR count). The molecule has 0 saturated heterocycles. The fourth-order valence-electron chi connectivity index (χ4n) is 2.84. The van der Waals surface area contributed by atoms with Crippen molar-refractivity contribution in [2.45, 2.75) is 20.0 Å². The first kappa shape index (κ1) is 27.6. The first-order chi connectivity index (χ1) is 16.2. The van der Waals surface area contributed by atoms with E-state index in [2.05, 4.69) is 19.7 Å². The predicted octanol–water partition coefficient (Wildman–Crippen LogP) is 3.41. The molecule has 0 aliphatic heterocycles. The molecule has 0 atom stereocenters. The van der Waals surface area contributed by atoms with Crippen molar-refractivity contribution in [2.75, 3.05) is 45.2 Å². The van der Waals surface area contributed by atoms with Gasteiger partial charge in [-0.2, -0.15) is 4.37 Å². The van der Waals surface area contributed by atoms with Gasteiger partial charge in [-0.25, -0.2) is 22.8 Å². The van der Waals surface area contributed by atoms with E-state index < -0.39 is 46.6 Å². The van der Waals surface area contributed by atoms with Gasteiger partial charge in [0.25, 0.3) is 0 Å². The third-order valence-corrected chi connectivity index (χ3v) is 5.66. The number of carbonyl (C=O) groups excluding carboxylic acids is 2. The molecule has 0 radical (unpaired) electrons. The minimum absolute atomic E-state index is 0.0157. The molecule has 0 unspecified atom stereocenters. The lowest BCUT2D eigenvalue weighted by Crippen LogP contribution is -2.33. The molecule has 0 aliphatic carbocycles. The minimum atomic E-state index is -1.53. The van der Waals surface area contributed by atoms with E-state index in [1.165, 1.54) is 0 Å². The van der Waals surface area contributed by atoms with Crippen LogP contribution in [0.15, 0.2) is 6.07 Å². The molecule has 1 aromatic heterocycles. The Labute approximate surface area is 203 Å². The van der Waals surface area contributed by atoms with Gasteiger partial charge in [-0.3, -0.25) is 5.32 Å². The number of hydrogen-bond donors (Lipinski definition) is 3. The molecule has 1 heterocycles. The number of aromatic nitrogens is 1. The molecule has 34 heavy (non-hydrogen) atoms. The van der Waals surface area contributed by atoms with E-state index in [1.807, 2.05) is 11.8 Å². The van der Waals surface area contributed by atoms with Crippen LogP contribution < -0.4 is 15.4 Å². The van der Waals surface area contributed by atoms with E-state index in [-0.39, 0.29) is 23.1 Å². The Hall–Kier alpha value is -2.61. The number of amides is 2. The van der Waals surface area contributed by atoms with Crippen molar-refractivity contribution >= 4 is 40.1 Å². The van der Waals surface area contributed by atoms with Crippen LogP contribution in [0.3, 0.4) is 0 Å². The number of anilines is 1. The average Bonchev–Trinajstić information content (AvgIpc) is 3.21. The fraction of sp³-hybridized carbons (Fsp3) is 0.450. The number of carbonyl (C=O) groups is 2. The van der Waals surface area contributed by atoms with Crippen LogP contribution in [0.25, 0.3) is 0 Å². The van der Waals surface area contributed by atoms with Gasteiger partial charge in [-0.1, -0.05) is 18.5 Å². The number of nitrogens with zero attached hydrogens (tertiary/aromatic N) is 2. The van der Waals surface area contributed by atoms with Crippen LogP contribution in [0, 0.1) is 17.5 Å². The Morgan fingerprint density at radius 3 is 2.65 bits per heavy atom. The zero-order valence-corrected chi connectivity index (χ0v) is 20.0. The summed E-state index contributed by atoms with van der Waals surface area (Å²) in [6.45, 7) is 3.49. The summed E-state index contributed by atoms with van der Waals surface area (Å²) in [4.78, 5) is 26.4. The highest BCUT2D eigenvalue weighted by molar-refractivity contribution is 7.11. The van der Waals surface area contributed by atoms with Gasteiger partial charge in [0.15, 0.2) is 17.2 Å². The number of esters is 1. The lowest BCUT2D eigenvalue weighted by atomic mass is 10.2. The Bertz CT molecular complexity index is 1010. The van der Waals surface area contributed by atoms with E-state index in [4.69, 9.17) is 21.4 Å².